The van der Waals surface area contributed by atoms with Crippen LogP contribution in [0.5, 0.6) is 0 Å². The molecular weight excluding hydrogens is 176 g/mol. The number of ether oxygens (including phenoxy) is 1. The van der Waals surface area contributed by atoms with E-state index in [4.69, 9.17) is 4.74 Å². The zero-order chi connectivity index (χ0) is 10.6. The predicted molar refractivity (Wildman–Crippen MR) is 57.3 cm³/mol. The number of hydrogen-bond donors (Lipinski definition) is 0. The quantitative estimate of drug-likeness (QED) is 0.697. The van der Waals surface area contributed by atoms with Crippen LogP contribution >= 0.6 is 0 Å². The molecule has 2 nitrogen and oxygen atoms in total. The highest BCUT2D eigenvalue weighted by Crippen LogP contribution is 2.22. The molecule has 0 bridgehead atoms. The minimum absolute atomic E-state index is 0.186. The van der Waals surface area contributed by atoms with Crippen LogP contribution in [0, 0.1) is 5.41 Å². The first-order valence-electron chi connectivity index (χ1n) is 5.65. The zero-order valence-electron chi connectivity index (χ0n) is 9.64. The Morgan fingerprint density at radius 3 is 2.57 bits per heavy atom. The van der Waals surface area contributed by atoms with Crippen LogP contribution in [-0.4, -0.2) is 18.5 Å². The zero-order valence-corrected chi connectivity index (χ0v) is 9.64. The Balaban J connectivity index is 2.22. The van der Waals surface area contributed by atoms with Crippen molar-refractivity contribution in [2.24, 2.45) is 5.41 Å². The monoisotopic (exact) mass is 198 g/mol. The molecule has 1 aliphatic heterocycles. The Hall–Kier alpha value is -0.370. The highest BCUT2D eigenvalue weighted by Gasteiger charge is 2.22. The van der Waals surface area contributed by atoms with Crippen molar-refractivity contribution >= 4 is 5.78 Å². The molecule has 1 unspecified atom stereocenters. The minimum Gasteiger partial charge on any atom is -0.378 e. The third kappa shape index (κ3) is 3.79. The second-order valence-electron chi connectivity index (χ2n) is 5.20. The number of Topliss-reactive ketones (excluding diaryl/α,β-unsaturated/α-hetero) is 1. The molecule has 82 valence electrons. The van der Waals surface area contributed by atoms with Gasteiger partial charge in [-0.25, -0.2) is 0 Å². The number of carbonyl (C=O) groups is 1. The SMILES string of the molecule is CC(C)(C)C(=O)CCC1CCCCO1. The molecule has 0 radical (unpaired) electrons. The Morgan fingerprint density at radius 2 is 2.07 bits per heavy atom. The van der Waals surface area contributed by atoms with E-state index < -0.39 is 0 Å². The highest BCUT2D eigenvalue weighted by atomic mass is 16.5. The fourth-order valence-corrected chi connectivity index (χ4v) is 1.70. The van der Waals surface area contributed by atoms with Crippen molar-refractivity contribution in [1.29, 1.82) is 0 Å². The van der Waals surface area contributed by atoms with E-state index in [0.29, 0.717) is 18.3 Å². The fraction of sp³-hybridized carbons (Fsp3) is 0.917. The van der Waals surface area contributed by atoms with Crippen LogP contribution < -0.4 is 0 Å². The molecule has 14 heavy (non-hydrogen) atoms. The van der Waals surface area contributed by atoms with Crippen LogP contribution in [-0.2, 0) is 9.53 Å². The van der Waals surface area contributed by atoms with Gasteiger partial charge < -0.3 is 4.74 Å². The Morgan fingerprint density at radius 1 is 1.36 bits per heavy atom. The summed E-state index contributed by atoms with van der Waals surface area (Å²) in [5, 5.41) is 0. The highest BCUT2D eigenvalue weighted by molar-refractivity contribution is 5.83. The molecule has 1 saturated heterocycles. The lowest BCUT2D eigenvalue weighted by molar-refractivity contribution is -0.127. The molecule has 1 heterocycles. The average Bonchev–Trinajstić information content (AvgIpc) is 2.14. The molecule has 0 aromatic rings. The van der Waals surface area contributed by atoms with Crippen molar-refractivity contribution in [3.63, 3.8) is 0 Å². The summed E-state index contributed by atoms with van der Waals surface area (Å²) in [6.07, 6.45) is 5.51. The first-order valence-corrected chi connectivity index (χ1v) is 5.65. The topological polar surface area (TPSA) is 26.3 Å². The minimum atomic E-state index is -0.186. The average molecular weight is 198 g/mol. The Labute approximate surface area is 87.0 Å². The van der Waals surface area contributed by atoms with Gasteiger partial charge in [0.1, 0.15) is 5.78 Å². The lowest BCUT2D eigenvalue weighted by Gasteiger charge is -2.24. The van der Waals surface area contributed by atoms with Crippen LogP contribution in [0.15, 0.2) is 0 Å². The van der Waals surface area contributed by atoms with Crippen molar-refractivity contribution < 1.29 is 9.53 Å². The van der Waals surface area contributed by atoms with Crippen molar-refractivity contribution in [1.82, 2.24) is 0 Å². The predicted octanol–water partition coefficient (Wildman–Crippen LogP) is 2.95. The number of ketones is 1. The molecule has 0 N–H and O–H groups in total. The van der Waals surface area contributed by atoms with Crippen LogP contribution in [0.3, 0.4) is 0 Å². The summed E-state index contributed by atoms with van der Waals surface area (Å²) < 4.78 is 5.59. The maximum absolute atomic E-state index is 11.7. The normalized spacial score (nSPS) is 23.5. The van der Waals surface area contributed by atoms with E-state index in [9.17, 15) is 4.79 Å². The van der Waals surface area contributed by atoms with E-state index in [1.165, 1.54) is 12.8 Å². The second kappa shape index (κ2) is 4.92. The number of carbonyl (C=O) groups excluding carboxylic acids is 1. The van der Waals surface area contributed by atoms with Crippen molar-refractivity contribution in [3.8, 4) is 0 Å². The van der Waals surface area contributed by atoms with Crippen LogP contribution in [0.25, 0.3) is 0 Å². The van der Waals surface area contributed by atoms with Gasteiger partial charge in [-0.2, -0.15) is 0 Å². The van der Waals surface area contributed by atoms with Gasteiger partial charge in [0.15, 0.2) is 0 Å². The van der Waals surface area contributed by atoms with E-state index >= 15 is 0 Å². The summed E-state index contributed by atoms with van der Waals surface area (Å²) in [5.74, 6) is 0.353. The number of hydrogen-bond acceptors (Lipinski definition) is 2. The summed E-state index contributed by atoms with van der Waals surface area (Å²) in [4.78, 5) is 11.7. The van der Waals surface area contributed by atoms with Gasteiger partial charge >= 0.3 is 0 Å². The summed E-state index contributed by atoms with van der Waals surface area (Å²) >= 11 is 0. The maximum Gasteiger partial charge on any atom is 0.138 e. The lowest BCUT2D eigenvalue weighted by atomic mass is 9.87. The molecule has 0 spiro atoms. The Bertz CT molecular complexity index is 185. The van der Waals surface area contributed by atoms with E-state index in [1.54, 1.807) is 0 Å². The van der Waals surface area contributed by atoms with Gasteiger partial charge in [-0.05, 0) is 25.7 Å². The van der Waals surface area contributed by atoms with E-state index in [-0.39, 0.29) is 5.41 Å². The molecule has 1 fully saturated rings. The van der Waals surface area contributed by atoms with Gasteiger partial charge in [0, 0.05) is 18.4 Å². The van der Waals surface area contributed by atoms with Gasteiger partial charge in [-0.1, -0.05) is 20.8 Å². The lowest BCUT2D eigenvalue weighted by Crippen LogP contribution is -2.24. The van der Waals surface area contributed by atoms with Crippen LogP contribution in [0.2, 0.25) is 0 Å². The third-order valence-electron chi connectivity index (χ3n) is 2.80. The largest absolute Gasteiger partial charge is 0.378 e. The van der Waals surface area contributed by atoms with Gasteiger partial charge in [0.05, 0.1) is 6.10 Å². The van der Waals surface area contributed by atoms with Gasteiger partial charge in [-0.3, -0.25) is 4.79 Å². The molecular formula is C12H22O2. The second-order valence-corrected chi connectivity index (χ2v) is 5.20. The first-order chi connectivity index (χ1) is 6.50. The van der Waals surface area contributed by atoms with Crippen molar-refractivity contribution in [3.05, 3.63) is 0 Å². The van der Waals surface area contributed by atoms with Crippen LogP contribution in [0.4, 0.5) is 0 Å². The standard InChI is InChI=1S/C12H22O2/c1-12(2,3)11(13)8-7-10-6-4-5-9-14-10/h10H,4-9H2,1-3H3. The van der Waals surface area contributed by atoms with Gasteiger partial charge in [0.25, 0.3) is 0 Å². The maximum atomic E-state index is 11.7. The molecule has 0 saturated carbocycles. The summed E-state index contributed by atoms with van der Waals surface area (Å²) in [6, 6.07) is 0. The Kier molecular flexibility index (Phi) is 4.11. The van der Waals surface area contributed by atoms with E-state index in [1.807, 2.05) is 20.8 Å². The van der Waals surface area contributed by atoms with Crippen molar-refractivity contribution in [2.45, 2.75) is 59.0 Å². The summed E-state index contributed by atoms with van der Waals surface area (Å²) in [7, 11) is 0. The third-order valence-corrected chi connectivity index (χ3v) is 2.80. The molecule has 1 rings (SSSR count). The van der Waals surface area contributed by atoms with E-state index in [0.717, 1.165) is 19.4 Å². The van der Waals surface area contributed by atoms with Gasteiger partial charge in [0.2, 0.25) is 0 Å². The summed E-state index contributed by atoms with van der Waals surface area (Å²) in [5.41, 5.74) is -0.186. The molecule has 2 heteroatoms. The van der Waals surface area contributed by atoms with Crippen LogP contribution in [0.1, 0.15) is 52.9 Å². The first kappa shape index (κ1) is 11.7. The van der Waals surface area contributed by atoms with E-state index in [2.05, 4.69) is 0 Å². The molecule has 1 aliphatic rings. The smallest absolute Gasteiger partial charge is 0.138 e. The molecule has 1 atom stereocenters. The van der Waals surface area contributed by atoms with Gasteiger partial charge in [-0.15, -0.1) is 0 Å². The number of rotatable bonds is 3. The molecule has 0 aromatic carbocycles. The molecule has 0 amide bonds. The fourth-order valence-electron chi connectivity index (χ4n) is 1.70. The molecule has 0 aliphatic carbocycles. The summed E-state index contributed by atoms with van der Waals surface area (Å²) in [6.45, 7) is 6.83. The molecule has 0 aromatic heterocycles. The van der Waals surface area contributed by atoms with Crippen molar-refractivity contribution in [2.75, 3.05) is 6.61 Å².